The van der Waals surface area contributed by atoms with Crippen LogP contribution in [0.2, 0.25) is 10.0 Å². The van der Waals surface area contributed by atoms with E-state index in [4.69, 9.17) is 27.9 Å². The van der Waals surface area contributed by atoms with Crippen LogP contribution in [0.15, 0.2) is 24.3 Å². The maximum absolute atomic E-state index is 12.4. The third kappa shape index (κ3) is 5.71. The van der Waals surface area contributed by atoms with Crippen molar-refractivity contribution in [3.05, 3.63) is 39.9 Å². The van der Waals surface area contributed by atoms with Crippen LogP contribution in [0.5, 0.6) is 0 Å². The van der Waals surface area contributed by atoms with E-state index in [1.807, 2.05) is 43.9 Å². The minimum atomic E-state index is -0.463. The van der Waals surface area contributed by atoms with E-state index in [1.165, 1.54) is 0 Å². The Labute approximate surface area is 154 Å². The van der Waals surface area contributed by atoms with Gasteiger partial charge in [-0.05, 0) is 64.2 Å². The summed E-state index contributed by atoms with van der Waals surface area (Å²) in [5, 5.41) is 1.10. The molecule has 1 fully saturated rings. The number of carbonyl (C=O) groups excluding carboxylic acids is 1. The quantitative estimate of drug-likeness (QED) is 0.635. The SMILES string of the molecule is CC(C)(C)OC(=O)N1CCCCC1CC=Cc1ccc(Cl)c(Cl)c1. The third-order valence-electron chi connectivity index (χ3n) is 3.92. The maximum atomic E-state index is 12.4. The van der Waals surface area contributed by atoms with Gasteiger partial charge in [0.25, 0.3) is 0 Å². The van der Waals surface area contributed by atoms with Crippen LogP contribution in [-0.2, 0) is 4.74 Å². The Morgan fingerprint density at radius 1 is 1.29 bits per heavy atom. The summed E-state index contributed by atoms with van der Waals surface area (Å²) in [6.07, 6.45) is 7.88. The monoisotopic (exact) mass is 369 g/mol. The molecule has 0 bridgehead atoms. The molecule has 0 aliphatic carbocycles. The van der Waals surface area contributed by atoms with Crippen molar-refractivity contribution in [1.82, 2.24) is 4.90 Å². The summed E-state index contributed by atoms with van der Waals surface area (Å²) in [6, 6.07) is 5.74. The number of likely N-dealkylation sites (tertiary alicyclic amines) is 1. The highest BCUT2D eigenvalue weighted by atomic mass is 35.5. The van der Waals surface area contributed by atoms with Gasteiger partial charge in [0.05, 0.1) is 10.0 Å². The van der Waals surface area contributed by atoms with Gasteiger partial charge < -0.3 is 9.64 Å². The molecule has 24 heavy (non-hydrogen) atoms. The molecule has 1 aromatic rings. The first kappa shape index (κ1) is 19.1. The zero-order chi connectivity index (χ0) is 17.7. The van der Waals surface area contributed by atoms with Gasteiger partial charge in [-0.25, -0.2) is 4.79 Å². The van der Waals surface area contributed by atoms with Crippen molar-refractivity contribution >= 4 is 35.4 Å². The Kier molecular flexibility index (Phi) is 6.59. The van der Waals surface area contributed by atoms with Gasteiger partial charge in [0.1, 0.15) is 5.60 Å². The van der Waals surface area contributed by atoms with Gasteiger partial charge in [0.15, 0.2) is 0 Å². The summed E-state index contributed by atoms with van der Waals surface area (Å²) in [5.41, 5.74) is 0.540. The Bertz CT molecular complexity index is 608. The summed E-state index contributed by atoms with van der Waals surface area (Å²) in [7, 11) is 0. The van der Waals surface area contributed by atoms with Crippen molar-refractivity contribution in [2.45, 2.75) is 58.1 Å². The largest absolute Gasteiger partial charge is 0.444 e. The molecule has 0 spiro atoms. The molecule has 1 aliphatic heterocycles. The zero-order valence-corrected chi connectivity index (χ0v) is 16.0. The average molecular weight is 370 g/mol. The fourth-order valence-corrected chi connectivity index (χ4v) is 3.09. The van der Waals surface area contributed by atoms with Crippen LogP contribution in [0.25, 0.3) is 6.08 Å². The van der Waals surface area contributed by atoms with Crippen molar-refractivity contribution in [1.29, 1.82) is 0 Å². The Hall–Kier alpha value is -1.19. The lowest BCUT2D eigenvalue weighted by Crippen LogP contribution is -2.45. The predicted octanol–water partition coefficient (Wildman–Crippen LogP) is 6.19. The van der Waals surface area contributed by atoms with Gasteiger partial charge in [-0.2, -0.15) is 0 Å². The molecule has 1 heterocycles. The fraction of sp³-hybridized carbons (Fsp3) is 0.526. The van der Waals surface area contributed by atoms with E-state index in [-0.39, 0.29) is 12.1 Å². The van der Waals surface area contributed by atoms with Gasteiger partial charge in [-0.1, -0.05) is 41.4 Å². The molecule has 132 valence electrons. The van der Waals surface area contributed by atoms with Crippen molar-refractivity contribution in [3.8, 4) is 0 Å². The number of rotatable bonds is 3. The van der Waals surface area contributed by atoms with Gasteiger partial charge in [-0.3, -0.25) is 0 Å². The summed E-state index contributed by atoms with van der Waals surface area (Å²) in [5.74, 6) is 0. The van der Waals surface area contributed by atoms with Crippen LogP contribution in [0.4, 0.5) is 4.79 Å². The second-order valence-electron chi connectivity index (χ2n) is 7.13. The smallest absolute Gasteiger partial charge is 0.410 e. The molecule has 1 atom stereocenters. The van der Waals surface area contributed by atoms with Crippen LogP contribution in [-0.4, -0.2) is 29.2 Å². The summed E-state index contributed by atoms with van der Waals surface area (Å²) in [6.45, 7) is 6.45. The Morgan fingerprint density at radius 3 is 2.71 bits per heavy atom. The van der Waals surface area contributed by atoms with E-state index in [0.29, 0.717) is 10.0 Å². The number of amides is 1. The zero-order valence-electron chi connectivity index (χ0n) is 14.5. The lowest BCUT2D eigenvalue weighted by Gasteiger charge is -2.36. The van der Waals surface area contributed by atoms with Crippen molar-refractivity contribution in [2.75, 3.05) is 6.54 Å². The number of piperidine rings is 1. The molecule has 2 rings (SSSR count). The topological polar surface area (TPSA) is 29.5 Å². The molecule has 0 radical (unpaired) electrons. The molecule has 1 unspecified atom stereocenters. The highest BCUT2D eigenvalue weighted by molar-refractivity contribution is 6.42. The highest BCUT2D eigenvalue weighted by Gasteiger charge is 2.29. The van der Waals surface area contributed by atoms with Gasteiger partial charge in [-0.15, -0.1) is 0 Å². The number of carbonyl (C=O) groups is 1. The van der Waals surface area contributed by atoms with E-state index in [1.54, 1.807) is 6.07 Å². The van der Waals surface area contributed by atoms with E-state index in [0.717, 1.165) is 37.8 Å². The van der Waals surface area contributed by atoms with Crippen molar-refractivity contribution in [3.63, 3.8) is 0 Å². The van der Waals surface area contributed by atoms with Crippen LogP contribution in [0.1, 0.15) is 52.0 Å². The molecule has 1 aliphatic rings. The first-order chi connectivity index (χ1) is 11.3. The van der Waals surface area contributed by atoms with Crippen LogP contribution >= 0.6 is 23.2 Å². The lowest BCUT2D eigenvalue weighted by atomic mass is 9.99. The highest BCUT2D eigenvalue weighted by Crippen LogP contribution is 2.25. The van der Waals surface area contributed by atoms with Crippen LogP contribution < -0.4 is 0 Å². The molecule has 0 saturated carbocycles. The molecule has 0 aromatic heterocycles. The minimum Gasteiger partial charge on any atom is -0.444 e. The number of hydrogen-bond acceptors (Lipinski definition) is 2. The fourth-order valence-electron chi connectivity index (χ4n) is 2.78. The predicted molar refractivity (Wildman–Crippen MR) is 101 cm³/mol. The van der Waals surface area contributed by atoms with Crippen molar-refractivity contribution in [2.24, 2.45) is 0 Å². The molecule has 5 heteroatoms. The minimum absolute atomic E-state index is 0.188. The number of hydrogen-bond donors (Lipinski definition) is 0. The third-order valence-corrected chi connectivity index (χ3v) is 4.66. The molecular formula is C19H25Cl2NO2. The number of halogens is 2. The molecule has 1 saturated heterocycles. The lowest BCUT2D eigenvalue weighted by molar-refractivity contribution is 0.0103. The average Bonchev–Trinajstić information content (AvgIpc) is 2.49. The van der Waals surface area contributed by atoms with Crippen LogP contribution in [0.3, 0.4) is 0 Å². The Balaban J connectivity index is 1.99. The van der Waals surface area contributed by atoms with E-state index >= 15 is 0 Å². The molecule has 3 nitrogen and oxygen atoms in total. The summed E-state index contributed by atoms with van der Waals surface area (Å²) >= 11 is 12.0. The van der Waals surface area contributed by atoms with E-state index in [2.05, 4.69) is 6.08 Å². The maximum Gasteiger partial charge on any atom is 0.410 e. The van der Waals surface area contributed by atoms with Crippen molar-refractivity contribution < 1.29 is 9.53 Å². The number of benzene rings is 1. The first-order valence-electron chi connectivity index (χ1n) is 8.37. The molecule has 1 aromatic carbocycles. The number of ether oxygens (including phenoxy) is 1. The van der Waals surface area contributed by atoms with Gasteiger partial charge >= 0.3 is 6.09 Å². The molecule has 0 N–H and O–H groups in total. The molecule has 1 amide bonds. The standard InChI is InChI=1S/C19H25Cl2NO2/c1-19(2,3)24-18(23)22-12-5-4-8-15(22)9-6-7-14-10-11-16(20)17(21)13-14/h6-7,10-11,13,15H,4-5,8-9,12H2,1-3H3. The first-order valence-corrected chi connectivity index (χ1v) is 9.13. The normalized spacial score (nSPS) is 18.9. The number of nitrogens with zero attached hydrogens (tertiary/aromatic N) is 1. The summed E-state index contributed by atoms with van der Waals surface area (Å²) in [4.78, 5) is 14.3. The van der Waals surface area contributed by atoms with E-state index in [9.17, 15) is 4.79 Å². The van der Waals surface area contributed by atoms with Crippen LogP contribution in [0, 0.1) is 0 Å². The van der Waals surface area contributed by atoms with Gasteiger partial charge in [0.2, 0.25) is 0 Å². The summed E-state index contributed by atoms with van der Waals surface area (Å²) < 4.78 is 5.53. The molecular weight excluding hydrogens is 345 g/mol. The van der Waals surface area contributed by atoms with Gasteiger partial charge in [0, 0.05) is 12.6 Å². The van der Waals surface area contributed by atoms with E-state index < -0.39 is 5.60 Å². The second kappa shape index (κ2) is 8.26. The Morgan fingerprint density at radius 2 is 2.04 bits per heavy atom. The second-order valence-corrected chi connectivity index (χ2v) is 7.95.